The first-order valence-corrected chi connectivity index (χ1v) is 3.73. The maximum absolute atomic E-state index is 11.0. The first kappa shape index (κ1) is 8.08. The zero-order valence-electron chi connectivity index (χ0n) is 5.88. The fourth-order valence-electron chi connectivity index (χ4n) is 0.823. The number of hydrogen-bond donors (Lipinski definition) is 1. The zero-order valence-corrected chi connectivity index (χ0v) is 6.64. The molecule has 0 spiro atoms. The van der Waals surface area contributed by atoms with Gasteiger partial charge in [-0.1, -0.05) is 12.1 Å². The minimum atomic E-state index is -0.134. The summed E-state index contributed by atoms with van der Waals surface area (Å²) in [5, 5.41) is 0. The number of nitrogen functional groups attached to an aromatic ring is 1. The zero-order chi connectivity index (χ0) is 8.27. The van der Waals surface area contributed by atoms with Gasteiger partial charge in [0.15, 0.2) is 5.78 Å². The lowest BCUT2D eigenvalue weighted by Crippen LogP contribution is -2.03. The van der Waals surface area contributed by atoms with E-state index in [-0.39, 0.29) is 11.7 Å². The molecule has 0 aliphatic carbocycles. The van der Waals surface area contributed by atoms with E-state index in [1.807, 2.05) is 0 Å². The number of alkyl halides is 1. The van der Waals surface area contributed by atoms with Gasteiger partial charge in [0.1, 0.15) is 0 Å². The van der Waals surface area contributed by atoms with Gasteiger partial charge in [-0.3, -0.25) is 4.79 Å². The number of halogens is 1. The number of carbonyl (C=O) groups excluding carboxylic acids is 1. The van der Waals surface area contributed by atoms with E-state index in [2.05, 4.69) is 0 Å². The molecule has 2 nitrogen and oxygen atoms in total. The molecule has 1 rings (SSSR count). The number of Topliss-reactive ketones (excluding diaryl/α,β-unsaturated/α-hetero) is 1. The Balaban J connectivity index is 3.03. The Hall–Kier alpha value is -1.02. The molecule has 0 atom stereocenters. The van der Waals surface area contributed by atoms with Crippen LogP contribution in [0.25, 0.3) is 0 Å². The monoisotopic (exact) mass is 181 g/mol. The number of rotatable bonds is 2. The van der Waals surface area contributed by atoms with Gasteiger partial charge in [0.2, 0.25) is 0 Å². The normalized spacial score (nSPS) is 9.55. The van der Waals surface area contributed by atoms with Crippen LogP contribution < -0.4 is 5.73 Å². The second kappa shape index (κ2) is 3.39. The number of hydrogen-bond acceptors (Lipinski definition) is 2. The average molecular weight is 182 g/mol. The molecule has 11 heavy (non-hydrogen) atoms. The van der Waals surface area contributed by atoms with Gasteiger partial charge >= 0.3 is 0 Å². The molecular formula is C8H8ClNO. The highest BCUT2D eigenvalue weighted by molar-refractivity contribution is 6.31. The summed E-state index contributed by atoms with van der Waals surface area (Å²) in [6.45, 7) is 0. The predicted molar refractivity (Wildman–Crippen MR) is 45.9 cm³/mol. The van der Waals surface area contributed by atoms with Gasteiger partial charge in [0.25, 0.3) is 0 Å². The number of carbonyl (C=O) groups is 1. The predicted octanol–water partition coefficient (Wildman–Crippen LogP) is 1.69. The topological polar surface area (TPSA) is 43.1 Å². The van der Waals surface area contributed by atoms with Gasteiger partial charge in [-0.15, -0.1) is 11.6 Å². The second-order valence-electron chi connectivity index (χ2n) is 2.14. The molecule has 2 N–H and O–H groups in total. The Morgan fingerprint density at radius 2 is 2.09 bits per heavy atom. The third-order valence-corrected chi connectivity index (χ3v) is 1.63. The van der Waals surface area contributed by atoms with Crippen LogP contribution in [0.5, 0.6) is 0 Å². The summed E-state index contributed by atoms with van der Waals surface area (Å²) in [6.07, 6.45) is 0. The lowest BCUT2D eigenvalue weighted by molar-refractivity contribution is 0.102. The molecule has 0 saturated heterocycles. The van der Waals surface area contributed by atoms with Crippen molar-refractivity contribution in [3.05, 3.63) is 29.8 Å². The summed E-state index contributed by atoms with van der Waals surface area (Å²) in [7, 11) is 0. The van der Waals surface area contributed by atoms with Gasteiger partial charge < -0.3 is 5.73 Å². The van der Waals surface area contributed by atoms with E-state index in [1.165, 1.54) is 0 Å². The summed E-state index contributed by atoms with van der Waals surface area (Å²) >= 11 is 5.35. The molecule has 0 saturated carbocycles. The molecule has 58 valence electrons. The Morgan fingerprint density at radius 3 is 2.64 bits per heavy atom. The van der Waals surface area contributed by atoms with Crippen molar-refractivity contribution in [2.45, 2.75) is 0 Å². The quantitative estimate of drug-likeness (QED) is 0.429. The van der Waals surface area contributed by atoms with Crippen molar-refractivity contribution in [3.63, 3.8) is 0 Å². The molecule has 0 aliphatic heterocycles. The van der Waals surface area contributed by atoms with E-state index in [0.717, 1.165) is 0 Å². The van der Waals surface area contributed by atoms with Crippen LogP contribution in [-0.4, -0.2) is 11.7 Å². The van der Waals surface area contributed by atoms with Crippen LogP contribution in [0.15, 0.2) is 24.3 Å². The van der Waals surface area contributed by atoms with E-state index >= 15 is 0 Å². The third kappa shape index (κ3) is 1.71. The van der Waals surface area contributed by atoms with Crippen LogP contribution in [0.4, 0.5) is 5.69 Å². The van der Waals surface area contributed by atoms with E-state index in [0.29, 0.717) is 11.3 Å². The van der Waals surface area contributed by atoms with Crippen LogP contribution in [0, 0.1) is 0 Å². The Labute approximate surface area is 70.0 Å². The molecule has 0 aliphatic rings. The largest absolute Gasteiger partial charge is 0.398 e. The maximum atomic E-state index is 11.0. The first-order chi connectivity index (χ1) is 5.25. The Bertz CT molecular complexity index is 273. The van der Waals surface area contributed by atoms with Crippen LogP contribution in [0.3, 0.4) is 0 Å². The van der Waals surface area contributed by atoms with Crippen molar-refractivity contribution < 1.29 is 4.79 Å². The number of ketones is 1. The van der Waals surface area contributed by atoms with Gasteiger partial charge in [0, 0.05) is 11.3 Å². The fourth-order valence-corrected chi connectivity index (χ4v) is 0.967. The van der Waals surface area contributed by atoms with Crippen molar-refractivity contribution in [1.29, 1.82) is 0 Å². The van der Waals surface area contributed by atoms with Crippen molar-refractivity contribution in [2.75, 3.05) is 11.6 Å². The number of benzene rings is 1. The fraction of sp³-hybridized carbons (Fsp3) is 0.125. The number of para-hydroxylation sites is 1. The van der Waals surface area contributed by atoms with Gasteiger partial charge in [-0.05, 0) is 12.1 Å². The van der Waals surface area contributed by atoms with Gasteiger partial charge in [-0.2, -0.15) is 0 Å². The summed E-state index contributed by atoms with van der Waals surface area (Å²) in [5.41, 5.74) is 6.50. The van der Waals surface area contributed by atoms with Crippen LogP contribution in [0.1, 0.15) is 10.4 Å². The highest BCUT2D eigenvalue weighted by atomic mass is 35.5. The highest BCUT2D eigenvalue weighted by Gasteiger charge is 2.05. The van der Waals surface area contributed by atoms with Crippen LogP contribution >= 0.6 is 11.6 Å². The lowest BCUT2D eigenvalue weighted by atomic mass is 10.7. The van der Waals surface area contributed by atoms with Crippen LogP contribution in [-0.2, 0) is 0 Å². The van der Waals surface area contributed by atoms with E-state index in [4.69, 9.17) is 17.3 Å². The van der Waals surface area contributed by atoms with Gasteiger partial charge in [-0.25, -0.2) is 0 Å². The third-order valence-electron chi connectivity index (χ3n) is 1.38. The SMILES string of the molecule is N[14c]1[14cH][14cH][14cH][14cH][14c]1C(=O)CCl. The number of nitrogens with two attached hydrogens (primary N) is 1. The average Bonchev–Trinajstić information content (AvgIpc) is 2.04. The summed E-state index contributed by atoms with van der Waals surface area (Å²) in [4.78, 5) is 11.0. The molecule has 0 fully saturated rings. The van der Waals surface area contributed by atoms with Crippen molar-refractivity contribution in [3.8, 4) is 0 Å². The Morgan fingerprint density at radius 1 is 1.45 bits per heavy atom. The van der Waals surface area contributed by atoms with Gasteiger partial charge in [0.05, 0.1) is 5.88 Å². The maximum Gasteiger partial charge on any atom is 0.179 e. The first-order valence-electron chi connectivity index (χ1n) is 3.19. The molecule has 1 aromatic rings. The molecule has 0 heterocycles. The molecule has 0 radical (unpaired) electrons. The summed E-state index contributed by atoms with van der Waals surface area (Å²) in [5.74, 6) is -0.154. The molecular weight excluding hydrogens is 174 g/mol. The van der Waals surface area contributed by atoms with E-state index in [1.54, 1.807) is 24.3 Å². The van der Waals surface area contributed by atoms with E-state index in [9.17, 15) is 4.79 Å². The molecule has 0 unspecified atom stereocenters. The molecule has 3 heteroatoms. The highest BCUT2D eigenvalue weighted by Crippen LogP contribution is 2.11. The lowest BCUT2D eigenvalue weighted by Gasteiger charge is -1.99. The van der Waals surface area contributed by atoms with Crippen molar-refractivity contribution in [1.82, 2.24) is 0 Å². The standard InChI is InChI=1S/C8H8ClNO/c9-5-8(11)6-3-1-2-4-7(6)10/h1-4H,5,10H2/i1+2,2+2,3+2,4+2,6+2,7+2. The van der Waals surface area contributed by atoms with Crippen LogP contribution in [0.2, 0.25) is 0 Å². The Kier molecular flexibility index (Phi) is 2.49. The smallest absolute Gasteiger partial charge is 0.179 e. The molecule has 0 bridgehead atoms. The van der Waals surface area contributed by atoms with Crippen molar-refractivity contribution in [2.24, 2.45) is 0 Å². The number of anilines is 1. The summed E-state index contributed by atoms with van der Waals surface area (Å²) in [6, 6.07) is 6.89. The minimum Gasteiger partial charge on any atom is -0.398 e. The molecule has 1 aromatic carbocycles. The molecule has 0 amide bonds. The second-order valence-corrected chi connectivity index (χ2v) is 2.41. The minimum absolute atomic E-state index is 0.0196. The van der Waals surface area contributed by atoms with E-state index < -0.39 is 0 Å². The summed E-state index contributed by atoms with van der Waals surface area (Å²) < 4.78 is 0. The molecule has 0 aromatic heterocycles. The van der Waals surface area contributed by atoms with Crippen molar-refractivity contribution >= 4 is 23.1 Å².